The number of carbonyl (C=O) groups is 2. The Bertz CT molecular complexity index is 809. The molecule has 3 aromatic heterocycles. The number of carbonyl (C=O) groups excluding carboxylic acids is 2. The van der Waals surface area contributed by atoms with Crippen molar-refractivity contribution in [3.8, 4) is 11.3 Å². The van der Waals surface area contributed by atoms with Gasteiger partial charge in [-0.1, -0.05) is 5.16 Å². The van der Waals surface area contributed by atoms with Gasteiger partial charge in [-0.15, -0.1) is 0 Å². The average Bonchev–Trinajstić information content (AvgIpc) is 3.17. The summed E-state index contributed by atoms with van der Waals surface area (Å²) in [6, 6.07) is 6.40. The Kier molecular flexibility index (Phi) is 3.40. The fourth-order valence-electron chi connectivity index (χ4n) is 1.88. The molecule has 22 heavy (non-hydrogen) atoms. The number of amides is 2. The van der Waals surface area contributed by atoms with E-state index in [1.54, 1.807) is 24.4 Å². The van der Waals surface area contributed by atoms with Gasteiger partial charge in [0, 0.05) is 18.0 Å². The summed E-state index contributed by atoms with van der Waals surface area (Å²) in [6.45, 7) is 0. The Balaban J connectivity index is 1.97. The summed E-state index contributed by atoms with van der Waals surface area (Å²) < 4.78 is 9.99. The van der Waals surface area contributed by atoms with Crippen LogP contribution in [0.5, 0.6) is 0 Å². The van der Waals surface area contributed by atoms with Crippen molar-refractivity contribution < 1.29 is 18.5 Å². The second-order valence-electron chi connectivity index (χ2n) is 4.27. The standard InChI is InChI=1S/C14H10N4O4/c15-12(19)10-11(8-3-1-5-16-7-8)18-22-14(10)17-13(20)9-4-2-6-21-9/h1-7H,(H2,15,19)(H,17,20). The van der Waals surface area contributed by atoms with Crippen LogP contribution in [0.4, 0.5) is 5.88 Å². The van der Waals surface area contributed by atoms with Gasteiger partial charge in [-0.2, -0.15) is 0 Å². The van der Waals surface area contributed by atoms with E-state index in [0.717, 1.165) is 0 Å². The molecule has 0 bridgehead atoms. The molecule has 0 aromatic carbocycles. The number of nitrogens with one attached hydrogen (secondary N) is 1. The Hall–Kier alpha value is -3.42. The average molecular weight is 298 g/mol. The van der Waals surface area contributed by atoms with Gasteiger partial charge in [-0.3, -0.25) is 19.9 Å². The highest BCUT2D eigenvalue weighted by Gasteiger charge is 2.24. The van der Waals surface area contributed by atoms with Crippen LogP contribution in [0.15, 0.2) is 51.9 Å². The Morgan fingerprint density at radius 1 is 1.23 bits per heavy atom. The third kappa shape index (κ3) is 2.44. The molecule has 0 radical (unpaired) electrons. The van der Waals surface area contributed by atoms with Gasteiger partial charge in [-0.25, -0.2) is 0 Å². The Morgan fingerprint density at radius 2 is 2.09 bits per heavy atom. The molecule has 0 aliphatic rings. The lowest BCUT2D eigenvalue weighted by Crippen LogP contribution is -2.17. The summed E-state index contributed by atoms with van der Waals surface area (Å²) in [5.41, 5.74) is 6.07. The van der Waals surface area contributed by atoms with Crippen LogP contribution in [-0.4, -0.2) is 22.0 Å². The van der Waals surface area contributed by atoms with E-state index in [1.807, 2.05) is 0 Å². The minimum atomic E-state index is -0.783. The highest BCUT2D eigenvalue weighted by molar-refractivity contribution is 6.08. The number of nitrogens with zero attached hydrogens (tertiary/aromatic N) is 2. The first-order valence-corrected chi connectivity index (χ1v) is 6.21. The number of nitrogens with two attached hydrogens (primary N) is 1. The number of pyridine rings is 1. The quantitative estimate of drug-likeness (QED) is 0.755. The third-order valence-corrected chi connectivity index (χ3v) is 2.85. The first-order chi connectivity index (χ1) is 10.7. The topological polar surface area (TPSA) is 124 Å². The molecule has 0 aliphatic carbocycles. The molecule has 3 N–H and O–H groups in total. The fourth-order valence-corrected chi connectivity index (χ4v) is 1.88. The van der Waals surface area contributed by atoms with Gasteiger partial charge < -0.3 is 14.7 Å². The number of aromatic nitrogens is 2. The van der Waals surface area contributed by atoms with Crippen LogP contribution in [0.1, 0.15) is 20.9 Å². The van der Waals surface area contributed by atoms with Crippen LogP contribution < -0.4 is 11.1 Å². The van der Waals surface area contributed by atoms with Crippen molar-refractivity contribution in [1.82, 2.24) is 10.1 Å². The molecular weight excluding hydrogens is 288 g/mol. The van der Waals surface area contributed by atoms with Crippen molar-refractivity contribution in [2.75, 3.05) is 5.32 Å². The molecule has 3 heterocycles. The first kappa shape index (κ1) is 13.6. The third-order valence-electron chi connectivity index (χ3n) is 2.85. The zero-order chi connectivity index (χ0) is 15.5. The molecule has 8 heteroatoms. The number of hydrogen-bond donors (Lipinski definition) is 2. The van der Waals surface area contributed by atoms with E-state index in [9.17, 15) is 9.59 Å². The van der Waals surface area contributed by atoms with Crippen molar-refractivity contribution >= 4 is 17.7 Å². The fraction of sp³-hybridized carbons (Fsp3) is 0. The SMILES string of the molecule is NC(=O)c1c(-c2cccnc2)noc1NC(=O)c1ccco1. The zero-order valence-electron chi connectivity index (χ0n) is 11.1. The molecule has 0 saturated heterocycles. The summed E-state index contributed by atoms with van der Waals surface area (Å²) in [6.07, 6.45) is 4.43. The maximum absolute atomic E-state index is 11.9. The Morgan fingerprint density at radius 3 is 2.73 bits per heavy atom. The van der Waals surface area contributed by atoms with Crippen LogP contribution in [0.2, 0.25) is 0 Å². The summed E-state index contributed by atoms with van der Waals surface area (Å²) in [5, 5.41) is 6.18. The molecule has 0 fully saturated rings. The molecule has 0 saturated carbocycles. The van der Waals surface area contributed by atoms with Gasteiger partial charge in [-0.05, 0) is 24.3 Å². The highest BCUT2D eigenvalue weighted by atomic mass is 16.5. The summed E-state index contributed by atoms with van der Waals surface area (Å²) in [5.74, 6) is -1.45. The molecule has 0 spiro atoms. The number of primary amides is 1. The molecule has 0 unspecified atom stereocenters. The van der Waals surface area contributed by atoms with Crippen molar-refractivity contribution in [2.45, 2.75) is 0 Å². The van der Waals surface area contributed by atoms with Crippen LogP contribution in [0.25, 0.3) is 11.3 Å². The zero-order valence-corrected chi connectivity index (χ0v) is 11.1. The maximum Gasteiger partial charge on any atom is 0.293 e. The van der Waals surface area contributed by atoms with Crippen LogP contribution in [-0.2, 0) is 0 Å². The lowest BCUT2D eigenvalue weighted by molar-refractivity contribution is 0.0993. The van der Waals surface area contributed by atoms with E-state index < -0.39 is 11.8 Å². The smallest absolute Gasteiger partial charge is 0.293 e. The second-order valence-corrected chi connectivity index (χ2v) is 4.27. The van der Waals surface area contributed by atoms with Crippen molar-refractivity contribution in [1.29, 1.82) is 0 Å². The Labute approximate surface area is 123 Å². The lowest BCUT2D eigenvalue weighted by Gasteiger charge is -2.01. The van der Waals surface area contributed by atoms with Gasteiger partial charge in [0.15, 0.2) is 5.76 Å². The molecule has 0 atom stereocenters. The lowest BCUT2D eigenvalue weighted by atomic mass is 10.1. The molecule has 3 aromatic rings. The van der Waals surface area contributed by atoms with Gasteiger partial charge >= 0.3 is 0 Å². The van der Waals surface area contributed by atoms with Gasteiger partial charge in [0.1, 0.15) is 11.3 Å². The first-order valence-electron chi connectivity index (χ1n) is 6.21. The predicted octanol–water partition coefficient (Wildman–Crippen LogP) is 1.68. The van der Waals surface area contributed by atoms with E-state index in [0.29, 0.717) is 5.56 Å². The summed E-state index contributed by atoms with van der Waals surface area (Å²) in [4.78, 5) is 27.5. The number of rotatable bonds is 4. The maximum atomic E-state index is 11.9. The highest BCUT2D eigenvalue weighted by Crippen LogP contribution is 2.28. The van der Waals surface area contributed by atoms with Crippen molar-refractivity contribution in [3.05, 3.63) is 54.2 Å². The monoisotopic (exact) mass is 298 g/mol. The van der Waals surface area contributed by atoms with E-state index >= 15 is 0 Å². The molecular formula is C14H10N4O4. The molecule has 0 aliphatic heterocycles. The predicted molar refractivity (Wildman–Crippen MR) is 74.9 cm³/mol. The number of hydrogen-bond acceptors (Lipinski definition) is 6. The minimum absolute atomic E-state index is 0.0343. The van der Waals surface area contributed by atoms with Crippen LogP contribution >= 0.6 is 0 Å². The van der Waals surface area contributed by atoms with E-state index in [-0.39, 0.29) is 22.9 Å². The van der Waals surface area contributed by atoms with E-state index in [1.165, 1.54) is 18.5 Å². The van der Waals surface area contributed by atoms with Gasteiger partial charge in [0.05, 0.1) is 6.26 Å². The van der Waals surface area contributed by atoms with Crippen LogP contribution in [0, 0.1) is 0 Å². The second kappa shape index (κ2) is 5.52. The summed E-state index contributed by atoms with van der Waals surface area (Å²) in [7, 11) is 0. The van der Waals surface area contributed by atoms with E-state index in [4.69, 9.17) is 14.7 Å². The van der Waals surface area contributed by atoms with Gasteiger partial charge in [0.25, 0.3) is 11.8 Å². The van der Waals surface area contributed by atoms with Gasteiger partial charge in [0.2, 0.25) is 5.88 Å². The number of anilines is 1. The molecule has 3 rings (SSSR count). The molecule has 110 valence electrons. The normalized spacial score (nSPS) is 10.4. The molecule has 2 amide bonds. The summed E-state index contributed by atoms with van der Waals surface area (Å²) >= 11 is 0. The molecule has 8 nitrogen and oxygen atoms in total. The largest absolute Gasteiger partial charge is 0.459 e. The van der Waals surface area contributed by atoms with Crippen LogP contribution in [0.3, 0.4) is 0 Å². The van der Waals surface area contributed by atoms with Crippen molar-refractivity contribution in [3.63, 3.8) is 0 Å². The van der Waals surface area contributed by atoms with E-state index in [2.05, 4.69) is 15.5 Å². The minimum Gasteiger partial charge on any atom is -0.459 e. The van der Waals surface area contributed by atoms with Crippen molar-refractivity contribution in [2.24, 2.45) is 5.73 Å². The number of furan rings is 1.